The molecule has 2 aromatic rings. The SMILES string of the molecule is O=C(CN(Cc1ccccc1)S(=O)(=O)c1cc(Cl)ccc1Cl)NC1CCCC1. The van der Waals surface area contributed by atoms with Crippen LogP contribution in [0.1, 0.15) is 31.2 Å². The minimum atomic E-state index is -4.03. The quantitative estimate of drug-likeness (QED) is 0.699. The topological polar surface area (TPSA) is 66.5 Å². The zero-order valence-corrected chi connectivity index (χ0v) is 17.6. The maximum absolute atomic E-state index is 13.3. The van der Waals surface area contributed by atoms with Gasteiger partial charge in [0.1, 0.15) is 4.90 Å². The van der Waals surface area contributed by atoms with Crippen molar-refractivity contribution in [1.82, 2.24) is 9.62 Å². The molecule has 1 aliphatic carbocycles. The predicted octanol–water partition coefficient (Wildman–Crippen LogP) is 4.24. The fourth-order valence-corrected chi connectivity index (χ4v) is 5.45. The van der Waals surface area contributed by atoms with E-state index in [1.807, 2.05) is 30.3 Å². The summed E-state index contributed by atoms with van der Waals surface area (Å²) in [6.45, 7) is -0.222. The largest absolute Gasteiger partial charge is 0.352 e. The first-order valence-corrected chi connectivity index (χ1v) is 11.3. The van der Waals surface area contributed by atoms with E-state index < -0.39 is 10.0 Å². The van der Waals surface area contributed by atoms with Crippen LogP contribution < -0.4 is 5.32 Å². The van der Waals surface area contributed by atoms with Crippen LogP contribution in [0.15, 0.2) is 53.4 Å². The molecular weight excluding hydrogens is 419 g/mol. The third kappa shape index (κ3) is 5.26. The molecule has 5 nitrogen and oxygen atoms in total. The van der Waals surface area contributed by atoms with Gasteiger partial charge in [-0.05, 0) is 36.6 Å². The van der Waals surface area contributed by atoms with Crippen LogP contribution in [0.25, 0.3) is 0 Å². The molecule has 0 radical (unpaired) electrons. The Morgan fingerprint density at radius 2 is 1.75 bits per heavy atom. The standard InChI is InChI=1S/C20H22Cl2N2O3S/c21-16-10-11-18(22)19(12-16)28(26,27)24(13-15-6-2-1-3-7-15)14-20(25)23-17-8-4-5-9-17/h1-3,6-7,10-12,17H,4-5,8-9,13-14H2,(H,23,25). The molecule has 0 heterocycles. The van der Waals surface area contributed by atoms with Gasteiger partial charge < -0.3 is 5.32 Å². The summed E-state index contributed by atoms with van der Waals surface area (Å²) in [6.07, 6.45) is 4.01. The molecular formula is C20H22Cl2N2O3S. The van der Waals surface area contributed by atoms with Crippen molar-refractivity contribution in [2.24, 2.45) is 0 Å². The Kier molecular flexibility index (Phi) is 6.99. The number of carbonyl (C=O) groups excluding carboxylic acids is 1. The van der Waals surface area contributed by atoms with Gasteiger partial charge in [0.25, 0.3) is 0 Å². The lowest BCUT2D eigenvalue weighted by atomic mass is 10.2. The Labute approximate surface area is 175 Å². The Morgan fingerprint density at radius 1 is 1.07 bits per heavy atom. The summed E-state index contributed by atoms with van der Waals surface area (Å²) >= 11 is 12.1. The van der Waals surface area contributed by atoms with Crippen molar-refractivity contribution >= 4 is 39.1 Å². The van der Waals surface area contributed by atoms with Crippen LogP contribution in [0, 0.1) is 0 Å². The summed E-state index contributed by atoms with van der Waals surface area (Å²) in [5.74, 6) is -0.315. The molecule has 1 saturated carbocycles. The van der Waals surface area contributed by atoms with Crippen molar-refractivity contribution in [3.63, 3.8) is 0 Å². The highest BCUT2D eigenvalue weighted by atomic mass is 35.5. The van der Waals surface area contributed by atoms with Gasteiger partial charge in [0.2, 0.25) is 15.9 Å². The lowest BCUT2D eigenvalue weighted by Crippen LogP contribution is -2.43. The van der Waals surface area contributed by atoms with Crippen LogP contribution in [-0.4, -0.2) is 31.2 Å². The van der Waals surface area contributed by atoms with Crippen molar-refractivity contribution in [2.75, 3.05) is 6.54 Å². The molecule has 0 aliphatic heterocycles. The summed E-state index contributed by atoms with van der Waals surface area (Å²) in [4.78, 5) is 12.4. The minimum Gasteiger partial charge on any atom is -0.352 e. The van der Waals surface area contributed by atoms with E-state index in [9.17, 15) is 13.2 Å². The molecule has 28 heavy (non-hydrogen) atoms. The Balaban J connectivity index is 1.88. The lowest BCUT2D eigenvalue weighted by Gasteiger charge is -2.23. The van der Waals surface area contributed by atoms with E-state index in [-0.39, 0.29) is 40.0 Å². The van der Waals surface area contributed by atoms with E-state index in [4.69, 9.17) is 23.2 Å². The summed E-state index contributed by atoms with van der Waals surface area (Å²) in [6, 6.07) is 13.5. The van der Waals surface area contributed by atoms with Crippen molar-refractivity contribution in [2.45, 2.75) is 43.2 Å². The van der Waals surface area contributed by atoms with Crippen molar-refractivity contribution in [1.29, 1.82) is 0 Å². The molecule has 0 aromatic heterocycles. The van der Waals surface area contributed by atoms with E-state index >= 15 is 0 Å². The first-order chi connectivity index (χ1) is 13.4. The van der Waals surface area contributed by atoms with E-state index in [1.54, 1.807) is 0 Å². The number of rotatable bonds is 7. The molecule has 0 unspecified atom stereocenters. The third-order valence-corrected chi connectivity index (χ3v) is 7.26. The fourth-order valence-electron chi connectivity index (χ4n) is 3.33. The maximum Gasteiger partial charge on any atom is 0.245 e. The highest BCUT2D eigenvalue weighted by molar-refractivity contribution is 7.89. The molecule has 1 amide bonds. The van der Waals surface area contributed by atoms with Crippen LogP contribution in [0.4, 0.5) is 0 Å². The molecule has 2 aromatic carbocycles. The second-order valence-electron chi connectivity index (χ2n) is 6.88. The number of amides is 1. The second kappa shape index (κ2) is 9.27. The van der Waals surface area contributed by atoms with Gasteiger partial charge in [0.15, 0.2) is 0 Å². The van der Waals surface area contributed by atoms with Crippen molar-refractivity contribution in [3.8, 4) is 0 Å². The predicted molar refractivity (Wildman–Crippen MR) is 111 cm³/mol. The van der Waals surface area contributed by atoms with Crippen LogP contribution in [0.2, 0.25) is 10.0 Å². The van der Waals surface area contributed by atoms with Crippen molar-refractivity contribution in [3.05, 3.63) is 64.1 Å². The number of halogens is 2. The van der Waals surface area contributed by atoms with Gasteiger partial charge >= 0.3 is 0 Å². The van der Waals surface area contributed by atoms with Gasteiger partial charge in [-0.15, -0.1) is 0 Å². The number of sulfonamides is 1. The van der Waals surface area contributed by atoms with Gasteiger partial charge in [-0.3, -0.25) is 4.79 Å². The van der Waals surface area contributed by atoms with Gasteiger partial charge in [-0.25, -0.2) is 8.42 Å². The first kappa shape index (κ1) is 21.1. The lowest BCUT2D eigenvalue weighted by molar-refractivity contribution is -0.122. The molecule has 0 saturated heterocycles. The maximum atomic E-state index is 13.3. The molecule has 1 fully saturated rings. The average molecular weight is 441 g/mol. The van der Waals surface area contributed by atoms with E-state index in [2.05, 4.69) is 5.32 Å². The summed E-state index contributed by atoms with van der Waals surface area (Å²) < 4.78 is 27.7. The van der Waals surface area contributed by atoms with E-state index in [1.165, 1.54) is 18.2 Å². The van der Waals surface area contributed by atoms with Gasteiger partial charge in [-0.1, -0.05) is 66.4 Å². The minimum absolute atomic E-state index is 0.0596. The van der Waals surface area contributed by atoms with Gasteiger partial charge in [-0.2, -0.15) is 4.31 Å². The normalized spacial score (nSPS) is 15.1. The average Bonchev–Trinajstić information content (AvgIpc) is 3.17. The van der Waals surface area contributed by atoms with Gasteiger partial charge in [0.05, 0.1) is 11.6 Å². The summed E-state index contributed by atoms with van der Waals surface area (Å²) in [5.41, 5.74) is 0.776. The molecule has 0 bridgehead atoms. The van der Waals surface area contributed by atoms with E-state index in [0.29, 0.717) is 0 Å². The van der Waals surface area contributed by atoms with E-state index in [0.717, 1.165) is 35.6 Å². The number of nitrogens with zero attached hydrogens (tertiary/aromatic N) is 1. The number of nitrogens with one attached hydrogen (secondary N) is 1. The molecule has 150 valence electrons. The van der Waals surface area contributed by atoms with Gasteiger partial charge in [0, 0.05) is 17.6 Å². The first-order valence-electron chi connectivity index (χ1n) is 9.15. The highest BCUT2D eigenvalue weighted by Gasteiger charge is 2.30. The Hall–Kier alpha value is -1.60. The van der Waals surface area contributed by atoms with Crippen LogP contribution >= 0.6 is 23.2 Å². The smallest absolute Gasteiger partial charge is 0.245 e. The number of carbonyl (C=O) groups is 1. The highest BCUT2D eigenvalue weighted by Crippen LogP contribution is 2.28. The van der Waals surface area contributed by atoms with Crippen molar-refractivity contribution < 1.29 is 13.2 Å². The summed E-state index contributed by atoms with van der Waals surface area (Å²) in [5, 5.41) is 3.27. The van der Waals surface area contributed by atoms with Crippen LogP contribution in [0.3, 0.4) is 0 Å². The zero-order chi connectivity index (χ0) is 20.1. The molecule has 8 heteroatoms. The molecule has 1 aliphatic rings. The molecule has 3 rings (SSSR count). The Morgan fingerprint density at radius 3 is 2.43 bits per heavy atom. The summed E-state index contributed by atoms with van der Waals surface area (Å²) in [7, 11) is -4.03. The number of benzene rings is 2. The van der Waals surface area contributed by atoms with Crippen LogP contribution in [0.5, 0.6) is 0 Å². The molecule has 1 N–H and O–H groups in total. The molecule has 0 atom stereocenters. The fraction of sp³-hybridized carbons (Fsp3) is 0.350. The monoisotopic (exact) mass is 440 g/mol. The zero-order valence-electron chi connectivity index (χ0n) is 15.3. The van der Waals surface area contributed by atoms with Crippen LogP contribution in [-0.2, 0) is 21.4 Å². The third-order valence-electron chi connectivity index (χ3n) is 4.75. The second-order valence-corrected chi connectivity index (χ2v) is 9.63. The Bertz CT molecular complexity index is 930. The number of hydrogen-bond donors (Lipinski definition) is 1. The molecule has 0 spiro atoms. The number of hydrogen-bond acceptors (Lipinski definition) is 3.